The summed E-state index contributed by atoms with van der Waals surface area (Å²) in [6.07, 6.45) is 7.24. The molecule has 1 N–H and O–H groups in total. The Morgan fingerprint density at radius 3 is 2.73 bits per heavy atom. The van der Waals surface area contributed by atoms with Gasteiger partial charge in [-0.15, -0.1) is 0 Å². The molecule has 1 aliphatic heterocycles. The summed E-state index contributed by atoms with van der Waals surface area (Å²) in [5.74, 6) is 0.717. The molecule has 0 unspecified atom stereocenters. The van der Waals surface area contributed by atoms with Gasteiger partial charge in [0.2, 0.25) is 5.91 Å². The lowest BCUT2D eigenvalue weighted by Gasteiger charge is -2.32. The van der Waals surface area contributed by atoms with Gasteiger partial charge in [-0.1, -0.05) is 23.7 Å². The standard InChI is InChI=1S/C21H22ClN3O/c22-17-6-3-15(4-7-17)5-8-20(26)25-12-9-16(10-13-25)18-14-24-19-2-1-11-23-21(18)19/h1-4,6-7,11,14,16,24H,5,8-10,12-13H2. The molecule has 0 bridgehead atoms. The molecular formula is C21H22ClN3O. The van der Waals surface area contributed by atoms with Gasteiger partial charge in [-0.3, -0.25) is 9.78 Å². The van der Waals surface area contributed by atoms with Crippen LogP contribution < -0.4 is 0 Å². The first-order chi connectivity index (χ1) is 12.7. The quantitative estimate of drug-likeness (QED) is 0.735. The summed E-state index contributed by atoms with van der Waals surface area (Å²) >= 11 is 5.91. The summed E-state index contributed by atoms with van der Waals surface area (Å²) < 4.78 is 0. The molecule has 0 spiro atoms. The molecule has 1 fully saturated rings. The van der Waals surface area contributed by atoms with E-state index in [1.165, 1.54) is 5.56 Å². The number of H-pyrrole nitrogens is 1. The molecule has 4 rings (SSSR count). The molecule has 4 nitrogen and oxygen atoms in total. The van der Waals surface area contributed by atoms with E-state index >= 15 is 0 Å². The van der Waals surface area contributed by atoms with Crippen molar-refractivity contribution in [2.75, 3.05) is 13.1 Å². The number of aryl methyl sites for hydroxylation is 1. The van der Waals surface area contributed by atoms with E-state index in [0.29, 0.717) is 12.3 Å². The van der Waals surface area contributed by atoms with Crippen LogP contribution in [0.3, 0.4) is 0 Å². The number of rotatable bonds is 4. The van der Waals surface area contributed by atoms with E-state index in [4.69, 9.17) is 11.6 Å². The molecule has 0 atom stereocenters. The normalized spacial score (nSPS) is 15.5. The monoisotopic (exact) mass is 367 g/mol. The molecule has 1 aromatic carbocycles. The van der Waals surface area contributed by atoms with Crippen LogP contribution in [0.25, 0.3) is 11.0 Å². The SMILES string of the molecule is O=C(CCc1ccc(Cl)cc1)N1CCC(c2c[nH]c3cccnc23)CC1. The number of hydrogen-bond donors (Lipinski definition) is 1. The van der Waals surface area contributed by atoms with Crippen molar-refractivity contribution >= 4 is 28.5 Å². The molecule has 1 aliphatic rings. The first-order valence-electron chi connectivity index (χ1n) is 9.15. The molecule has 26 heavy (non-hydrogen) atoms. The van der Waals surface area contributed by atoms with E-state index in [1.807, 2.05) is 41.4 Å². The summed E-state index contributed by atoms with van der Waals surface area (Å²) in [6, 6.07) is 11.7. The molecule has 2 aromatic heterocycles. The fourth-order valence-corrected chi connectivity index (χ4v) is 3.91. The number of aromatic nitrogens is 2. The summed E-state index contributed by atoms with van der Waals surface area (Å²) in [6.45, 7) is 1.65. The highest BCUT2D eigenvalue weighted by atomic mass is 35.5. The number of pyridine rings is 1. The fourth-order valence-electron chi connectivity index (χ4n) is 3.79. The van der Waals surface area contributed by atoms with Gasteiger partial charge in [0.1, 0.15) is 0 Å². The highest BCUT2D eigenvalue weighted by molar-refractivity contribution is 6.30. The number of halogens is 1. The molecule has 1 saturated heterocycles. The summed E-state index contributed by atoms with van der Waals surface area (Å²) in [4.78, 5) is 22.4. The number of likely N-dealkylation sites (tertiary alicyclic amines) is 1. The van der Waals surface area contributed by atoms with Gasteiger partial charge in [0.05, 0.1) is 11.0 Å². The van der Waals surface area contributed by atoms with E-state index < -0.39 is 0 Å². The number of hydrogen-bond acceptors (Lipinski definition) is 2. The highest BCUT2D eigenvalue weighted by Crippen LogP contribution is 2.32. The third-order valence-electron chi connectivity index (χ3n) is 5.29. The van der Waals surface area contributed by atoms with E-state index in [9.17, 15) is 4.79 Å². The van der Waals surface area contributed by atoms with E-state index in [1.54, 1.807) is 0 Å². The zero-order valence-electron chi connectivity index (χ0n) is 14.6. The Morgan fingerprint density at radius 2 is 1.96 bits per heavy atom. The van der Waals surface area contributed by atoms with Gasteiger partial charge in [-0.05, 0) is 60.6 Å². The van der Waals surface area contributed by atoms with Gasteiger partial charge < -0.3 is 9.88 Å². The number of piperidine rings is 1. The zero-order chi connectivity index (χ0) is 17.9. The van der Waals surface area contributed by atoms with Gasteiger partial charge >= 0.3 is 0 Å². The number of nitrogens with one attached hydrogen (secondary N) is 1. The van der Waals surface area contributed by atoms with Gasteiger partial charge in [0.25, 0.3) is 0 Å². The average molecular weight is 368 g/mol. The van der Waals surface area contributed by atoms with Crippen molar-refractivity contribution in [2.24, 2.45) is 0 Å². The number of nitrogens with zero attached hydrogens (tertiary/aromatic N) is 2. The largest absolute Gasteiger partial charge is 0.360 e. The minimum Gasteiger partial charge on any atom is -0.360 e. The van der Waals surface area contributed by atoms with Crippen molar-refractivity contribution in [3.8, 4) is 0 Å². The van der Waals surface area contributed by atoms with E-state index in [-0.39, 0.29) is 5.91 Å². The first kappa shape index (κ1) is 17.1. The van der Waals surface area contributed by atoms with Gasteiger partial charge in [-0.2, -0.15) is 0 Å². The zero-order valence-corrected chi connectivity index (χ0v) is 15.4. The number of aromatic amines is 1. The average Bonchev–Trinajstić information content (AvgIpc) is 3.11. The van der Waals surface area contributed by atoms with Crippen LogP contribution in [-0.4, -0.2) is 33.9 Å². The Kier molecular flexibility index (Phi) is 4.93. The lowest BCUT2D eigenvalue weighted by Crippen LogP contribution is -2.38. The van der Waals surface area contributed by atoms with Crippen molar-refractivity contribution in [1.29, 1.82) is 0 Å². The molecule has 0 aliphatic carbocycles. The molecular weight excluding hydrogens is 346 g/mol. The Bertz CT molecular complexity index is 895. The molecule has 0 radical (unpaired) electrons. The van der Waals surface area contributed by atoms with Crippen LogP contribution in [0.5, 0.6) is 0 Å². The molecule has 0 saturated carbocycles. The van der Waals surface area contributed by atoms with Crippen molar-refractivity contribution in [3.63, 3.8) is 0 Å². The van der Waals surface area contributed by atoms with Crippen molar-refractivity contribution < 1.29 is 4.79 Å². The number of fused-ring (bicyclic) bond motifs is 1. The third-order valence-corrected chi connectivity index (χ3v) is 5.54. The number of benzene rings is 1. The Labute approximate surface area is 158 Å². The van der Waals surface area contributed by atoms with E-state index in [0.717, 1.165) is 54.0 Å². The second-order valence-corrected chi connectivity index (χ2v) is 7.36. The van der Waals surface area contributed by atoms with Crippen LogP contribution in [0.2, 0.25) is 5.02 Å². The topological polar surface area (TPSA) is 49.0 Å². The maximum absolute atomic E-state index is 12.5. The predicted octanol–water partition coefficient (Wildman–Crippen LogP) is 4.56. The van der Waals surface area contributed by atoms with Gasteiger partial charge in [-0.25, -0.2) is 0 Å². The van der Waals surface area contributed by atoms with Crippen LogP contribution >= 0.6 is 11.6 Å². The van der Waals surface area contributed by atoms with Crippen molar-refractivity contribution in [1.82, 2.24) is 14.9 Å². The second-order valence-electron chi connectivity index (χ2n) is 6.93. The van der Waals surface area contributed by atoms with Gasteiger partial charge in [0, 0.05) is 36.9 Å². The van der Waals surface area contributed by atoms with Crippen LogP contribution in [0.1, 0.15) is 36.3 Å². The lowest BCUT2D eigenvalue weighted by molar-refractivity contribution is -0.132. The number of carbonyl (C=O) groups excluding carboxylic acids is 1. The summed E-state index contributed by atoms with van der Waals surface area (Å²) in [5.41, 5.74) is 4.60. The maximum Gasteiger partial charge on any atom is 0.222 e. The second kappa shape index (κ2) is 7.50. The number of carbonyl (C=O) groups is 1. The van der Waals surface area contributed by atoms with Crippen LogP contribution in [0.4, 0.5) is 0 Å². The predicted molar refractivity (Wildman–Crippen MR) is 104 cm³/mol. The third kappa shape index (κ3) is 3.61. The Morgan fingerprint density at radius 1 is 1.19 bits per heavy atom. The van der Waals surface area contributed by atoms with E-state index in [2.05, 4.69) is 22.2 Å². The van der Waals surface area contributed by atoms with Crippen molar-refractivity contribution in [3.05, 3.63) is 64.9 Å². The Balaban J connectivity index is 1.33. The molecule has 3 heterocycles. The summed E-state index contributed by atoms with van der Waals surface area (Å²) in [7, 11) is 0. The van der Waals surface area contributed by atoms with Gasteiger partial charge in [0.15, 0.2) is 0 Å². The molecule has 5 heteroatoms. The molecule has 3 aromatic rings. The summed E-state index contributed by atoms with van der Waals surface area (Å²) in [5, 5.41) is 0.730. The highest BCUT2D eigenvalue weighted by Gasteiger charge is 2.25. The molecule has 134 valence electrons. The van der Waals surface area contributed by atoms with Crippen LogP contribution in [0.15, 0.2) is 48.8 Å². The van der Waals surface area contributed by atoms with Crippen molar-refractivity contribution in [2.45, 2.75) is 31.6 Å². The first-order valence-corrected chi connectivity index (χ1v) is 9.53. The van der Waals surface area contributed by atoms with Crippen LogP contribution in [0, 0.1) is 0 Å². The number of amides is 1. The smallest absolute Gasteiger partial charge is 0.222 e. The maximum atomic E-state index is 12.5. The fraction of sp³-hybridized carbons (Fsp3) is 0.333. The Hall–Kier alpha value is -2.33. The lowest BCUT2D eigenvalue weighted by atomic mass is 9.90. The minimum absolute atomic E-state index is 0.246. The minimum atomic E-state index is 0.246. The van der Waals surface area contributed by atoms with Crippen LogP contribution in [-0.2, 0) is 11.2 Å². The molecule has 1 amide bonds.